The molecule has 6 heterocycles. The molecule has 2 saturated carbocycles. The monoisotopic (exact) mass is 1130 g/mol. The molecule has 0 bridgehead atoms. The first-order chi connectivity index (χ1) is 38.4. The smallest absolute Gasteiger partial charge is 0.337 e. The zero-order valence-electron chi connectivity index (χ0n) is 45.2. The van der Waals surface area contributed by atoms with E-state index in [1.54, 1.807) is 4.90 Å². The summed E-state index contributed by atoms with van der Waals surface area (Å²) in [4.78, 5) is 81.0. The average molecular weight is 1130 g/mol. The second-order valence-corrected chi connectivity index (χ2v) is 22.8. The van der Waals surface area contributed by atoms with Crippen LogP contribution in [0.2, 0.25) is 10.0 Å². The molecule has 4 aromatic carbocycles. The summed E-state index contributed by atoms with van der Waals surface area (Å²) in [5.41, 5.74) is 10.5. The van der Waals surface area contributed by atoms with Crippen LogP contribution in [0.5, 0.6) is 0 Å². The van der Waals surface area contributed by atoms with Crippen molar-refractivity contribution in [3.05, 3.63) is 105 Å². The molecule has 0 spiro atoms. The number of aromatic nitrogens is 2. The molecule has 2 saturated heterocycles. The molecule has 17 heteroatoms. The number of alkyl halides is 1. The van der Waals surface area contributed by atoms with Crippen molar-refractivity contribution in [1.82, 2.24) is 18.9 Å². The highest BCUT2D eigenvalue weighted by Crippen LogP contribution is 2.50. The zero-order chi connectivity index (χ0) is 55.3. The number of hydrogen-bond acceptors (Lipinski definition) is 8. The van der Waals surface area contributed by atoms with Crippen molar-refractivity contribution in [2.45, 2.75) is 128 Å². The van der Waals surface area contributed by atoms with Crippen LogP contribution in [0, 0.1) is 0 Å². The Balaban J connectivity index is 0.000000155. The van der Waals surface area contributed by atoms with E-state index in [4.69, 9.17) is 44.3 Å². The van der Waals surface area contributed by atoms with Crippen LogP contribution in [-0.2, 0) is 41.7 Å². The lowest BCUT2D eigenvalue weighted by atomic mass is 9.81. The Morgan fingerprint density at radius 2 is 1.03 bits per heavy atom. The summed E-state index contributed by atoms with van der Waals surface area (Å²) in [6.07, 6.45) is 18.3. The first-order valence-corrected chi connectivity index (χ1v) is 29.5. The predicted octanol–water partition coefficient (Wildman–Crippen LogP) is 13.1. The molecule has 6 aliphatic rings. The SMILES string of the molecule is COC(=O)c1ccc2c(C3CCCCC3)c3n(c2c1)CC(=O)N(CC(=O)N1CCCCC1)c1cc(Cl)ccc1-3.COC(=O)c1ccc2c(C3CCCCC3)c3n(c2c1)CC(=O)Nc1cc(Cl)ccc1-3.O=C(CCl)N1CCCCC1. The molecule has 4 fully saturated rings. The summed E-state index contributed by atoms with van der Waals surface area (Å²) in [6.45, 7) is 3.53. The van der Waals surface area contributed by atoms with E-state index >= 15 is 0 Å². The van der Waals surface area contributed by atoms with E-state index in [1.807, 2.05) is 87.2 Å². The number of carbonyl (C=O) groups is 6. The number of carbonyl (C=O) groups excluding carboxylic acids is 6. The van der Waals surface area contributed by atoms with E-state index in [9.17, 15) is 28.8 Å². The summed E-state index contributed by atoms with van der Waals surface area (Å²) >= 11 is 18.1. The van der Waals surface area contributed by atoms with Crippen LogP contribution in [0.3, 0.4) is 0 Å². The summed E-state index contributed by atoms with van der Waals surface area (Å²) in [5.74, 6) is -0.0948. The normalized spacial score (nSPS) is 17.6. The standard InChI is InChI=1S/C31H34ClN3O4.C24H23ClN2O3.C7H12ClNO/c1-39-31(38)21-10-12-23-25(16-21)35-19-28(37)34(18-27(36)33-14-6-3-7-15-33)26-17-22(32)11-13-24(26)30(35)29(23)20-8-4-2-5-9-20;1-30-24(29)15-7-9-18-20(11-15)27-13-21(28)26-19-12-16(25)8-10-17(19)23(27)22(18)14-5-3-2-4-6-14;8-6-7(10)9-4-2-1-3-5-9/h10-13,16-17,20H,2-9,14-15,18-19H2,1H3;7-12,14H,2-6,13H2,1H3,(H,26,28);1-6H2. The molecule has 0 atom stereocenters. The molecule has 2 aromatic heterocycles. The molecule has 2 aliphatic carbocycles. The molecule has 6 aromatic rings. The van der Waals surface area contributed by atoms with Gasteiger partial charge in [0.2, 0.25) is 23.6 Å². The number of likely N-dealkylation sites (tertiary alicyclic amines) is 2. The largest absolute Gasteiger partial charge is 0.465 e. The van der Waals surface area contributed by atoms with E-state index in [-0.39, 0.29) is 55.1 Å². The minimum absolute atomic E-state index is 0.0128. The van der Waals surface area contributed by atoms with Crippen LogP contribution in [0.1, 0.15) is 146 Å². The summed E-state index contributed by atoms with van der Waals surface area (Å²) < 4.78 is 14.0. The molecule has 0 radical (unpaired) electrons. The van der Waals surface area contributed by atoms with Gasteiger partial charge in [-0.05, 0) is 148 Å². The van der Waals surface area contributed by atoms with E-state index in [1.165, 1.54) is 70.3 Å². The number of rotatable bonds is 7. The second-order valence-electron chi connectivity index (χ2n) is 21.7. The molecule has 14 nitrogen and oxygen atoms in total. The fourth-order valence-electron chi connectivity index (χ4n) is 13.0. The van der Waals surface area contributed by atoms with Crippen LogP contribution in [0.25, 0.3) is 44.3 Å². The molecule has 12 rings (SSSR count). The summed E-state index contributed by atoms with van der Waals surface area (Å²) in [7, 11) is 2.76. The van der Waals surface area contributed by atoms with Crippen LogP contribution < -0.4 is 10.2 Å². The van der Waals surface area contributed by atoms with Gasteiger partial charge in [-0.25, -0.2) is 9.59 Å². The Morgan fingerprint density at radius 1 is 0.557 bits per heavy atom. The molecule has 416 valence electrons. The van der Waals surface area contributed by atoms with Gasteiger partial charge in [-0.3, -0.25) is 19.2 Å². The fourth-order valence-corrected chi connectivity index (χ4v) is 13.5. The first kappa shape index (κ1) is 55.9. The van der Waals surface area contributed by atoms with Crippen LogP contribution >= 0.6 is 34.8 Å². The molecule has 1 N–H and O–H groups in total. The Hall–Kier alpha value is -6.35. The van der Waals surface area contributed by atoms with E-state index in [2.05, 4.69) is 9.88 Å². The maximum Gasteiger partial charge on any atom is 0.337 e. The molecule has 4 aliphatic heterocycles. The van der Waals surface area contributed by atoms with Crippen molar-refractivity contribution in [3.63, 3.8) is 0 Å². The van der Waals surface area contributed by atoms with Gasteiger partial charge in [0.05, 0.1) is 59.1 Å². The van der Waals surface area contributed by atoms with Gasteiger partial charge in [-0.1, -0.05) is 73.9 Å². The molecule has 4 amide bonds. The van der Waals surface area contributed by atoms with Gasteiger partial charge in [0, 0.05) is 58.1 Å². The highest BCUT2D eigenvalue weighted by Gasteiger charge is 2.36. The number of anilines is 2. The van der Waals surface area contributed by atoms with E-state index in [0.29, 0.717) is 38.7 Å². The number of fused-ring (bicyclic) bond motifs is 10. The van der Waals surface area contributed by atoms with E-state index in [0.717, 1.165) is 134 Å². The van der Waals surface area contributed by atoms with Gasteiger partial charge in [0.25, 0.3) is 0 Å². The van der Waals surface area contributed by atoms with Crippen molar-refractivity contribution in [2.75, 3.05) is 63.0 Å². The van der Waals surface area contributed by atoms with Crippen LogP contribution in [-0.4, -0.2) is 107 Å². The lowest BCUT2D eigenvalue weighted by molar-refractivity contribution is -0.132. The van der Waals surface area contributed by atoms with Crippen molar-refractivity contribution in [3.8, 4) is 22.5 Å². The number of nitrogens with one attached hydrogen (secondary N) is 1. The molecular formula is C62H69Cl3N6O8. The maximum atomic E-state index is 14.0. The quantitative estimate of drug-likeness (QED) is 0.122. The molecular weight excluding hydrogens is 1060 g/mol. The number of benzene rings is 4. The average Bonchev–Trinajstić information content (AvgIpc) is 4.08. The van der Waals surface area contributed by atoms with E-state index < -0.39 is 5.97 Å². The van der Waals surface area contributed by atoms with Gasteiger partial charge in [-0.15, -0.1) is 11.6 Å². The molecule has 79 heavy (non-hydrogen) atoms. The second kappa shape index (κ2) is 25.0. The minimum Gasteiger partial charge on any atom is -0.465 e. The summed E-state index contributed by atoms with van der Waals surface area (Å²) in [5, 5.41) is 6.29. The van der Waals surface area contributed by atoms with Gasteiger partial charge in [-0.2, -0.15) is 0 Å². The predicted molar refractivity (Wildman–Crippen MR) is 312 cm³/mol. The number of amides is 4. The zero-order valence-corrected chi connectivity index (χ0v) is 47.5. The number of halogens is 3. The number of hydrogen-bond donors (Lipinski definition) is 1. The Morgan fingerprint density at radius 3 is 1.54 bits per heavy atom. The Kier molecular flexibility index (Phi) is 17.7. The first-order valence-electron chi connectivity index (χ1n) is 28.2. The van der Waals surface area contributed by atoms with Crippen LogP contribution in [0.15, 0.2) is 72.8 Å². The maximum absolute atomic E-state index is 14.0. The number of ether oxygens (including phenoxy) is 2. The van der Waals surface area contributed by atoms with Gasteiger partial charge in [0.1, 0.15) is 25.5 Å². The van der Waals surface area contributed by atoms with Crippen LogP contribution in [0.4, 0.5) is 11.4 Å². The number of methoxy groups -OCH3 is 2. The van der Waals surface area contributed by atoms with Crippen molar-refractivity contribution >= 4 is 104 Å². The van der Waals surface area contributed by atoms with Gasteiger partial charge >= 0.3 is 11.9 Å². The highest BCUT2D eigenvalue weighted by atomic mass is 35.5. The van der Waals surface area contributed by atoms with Gasteiger partial charge < -0.3 is 38.6 Å². The van der Waals surface area contributed by atoms with Crippen molar-refractivity contribution < 1.29 is 38.2 Å². The Labute approximate surface area is 476 Å². The minimum atomic E-state index is -0.410. The highest BCUT2D eigenvalue weighted by molar-refractivity contribution is 6.31. The topological polar surface area (TPSA) is 152 Å². The third kappa shape index (κ3) is 11.8. The number of esters is 2. The Bertz CT molecular complexity index is 3310. The lowest BCUT2D eigenvalue weighted by Gasteiger charge is -2.30. The fraction of sp³-hybridized carbons (Fsp3) is 0.452. The lowest BCUT2D eigenvalue weighted by Crippen LogP contribution is -2.45. The van der Waals surface area contributed by atoms with Crippen molar-refractivity contribution in [1.29, 1.82) is 0 Å². The summed E-state index contributed by atoms with van der Waals surface area (Å²) in [6, 6.07) is 22.7. The third-order valence-electron chi connectivity index (χ3n) is 16.8. The third-order valence-corrected chi connectivity index (χ3v) is 17.5. The van der Waals surface area contributed by atoms with Crippen molar-refractivity contribution in [2.24, 2.45) is 0 Å². The van der Waals surface area contributed by atoms with Gasteiger partial charge in [0.15, 0.2) is 0 Å². The molecule has 0 unspecified atom stereocenters. The number of piperidine rings is 2. The number of nitrogens with zero attached hydrogens (tertiary/aromatic N) is 5.